The molecular formula is C26H36N2O3. The number of hydrogen-bond donors (Lipinski definition) is 1. The molecule has 0 aliphatic rings. The van der Waals surface area contributed by atoms with E-state index in [0.29, 0.717) is 13.0 Å². The second-order valence-electron chi connectivity index (χ2n) is 8.21. The molecule has 0 aliphatic heterocycles. The van der Waals surface area contributed by atoms with E-state index in [4.69, 9.17) is 4.74 Å². The molecular weight excluding hydrogens is 388 g/mol. The van der Waals surface area contributed by atoms with E-state index in [1.807, 2.05) is 64.1 Å². The number of aryl methyl sites for hydroxylation is 2. The number of nitrogens with one attached hydrogen (secondary N) is 1. The van der Waals surface area contributed by atoms with Crippen molar-refractivity contribution in [2.45, 2.75) is 72.5 Å². The molecule has 5 nitrogen and oxygen atoms in total. The number of ether oxygens (including phenoxy) is 1. The Morgan fingerprint density at radius 1 is 1.00 bits per heavy atom. The van der Waals surface area contributed by atoms with Crippen LogP contribution < -0.4 is 10.1 Å². The van der Waals surface area contributed by atoms with Gasteiger partial charge in [-0.1, -0.05) is 44.2 Å². The van der Waals surface area contributed by atoms with Crippen molar-refractivity contribution in [1.82, 2.24) is 10.2 Å². The lowest BCUT2D eigenvalue weighted by Crippen LogP contribution is -2.51. The van der Waals surface area contributed by atoms with Gasteiger partial charge in [-0.2, -0.15) is 0 Å². The van der Waals surface area contributed by atoms with Crippen LogP contribution >= 0.6 is 0 Å². The topological polar surface area (TPSA) is 58.6 Å². The van der Waals surface area contributed by atoms with E-state index in [2.05, 4.69) is 18.3 Å². The van der Waals surface area contributed by atoms with Crippen molar-refractivity contribution < 1.29 is 14.3 Å². The minimum Gasteiger partial charge on any atom is -0.497 e. The summed E-state index contributed by atoms with van der Waals surface area (Å²) < 4.78 is 5.34. The van der Waals surface area contributed by atoms with Gasteiger partial charge in [-0.25, -0.2) is 0 Å². The first-order chi connectivity index (χ1) is 14.8. The molecule has 0 saturated heterocycles. The highest BCUT2D eigenvalue weighted by atomic mass is 16.5. The quantitative estimate of drug-likeness (QED) is 0.607. The summed E-state index contributed by atoms with van der Waals surface area (Å²) >= 11 is 0. The maximum atomic E-state index is 13.4. The van der Waals surface area contributed by atoms with Gasteiger partial charge in [0.05, 0.1) is 13.5 Å². The van der Waals surface area contributed by atoms with E-state index in [0.717, 1.165) is 28.9 Å². The van der Waals surface area contributed by atoms with Crippen LogP contribution in [-0.2, 0) is 22.6 Å². The predicted octanol–water partition coefficient (Wildman–Crippen LogP) is 4.58. The minimum absolute atomic E-state index is 0.0581. The normalized spacial score (nSPS) is 12.7. The molecule has 0 fully saturated rings. The average molecular weight is 425 g/mol. The van der Waals surface area contributed by atoms with E-state index < -0.39 is 6.04 Å². The monoisotopic (exact) mass is 424 g/mol. The van der Waals surface area contributed by atoms with Crippen molar-refractivity contribution in [3.63, 3.8) is 0 Å². The number of amides is 2. The lowest BCUT2D eigenvalue weighted by atomic mass is 10.0. The van der Waals surface area contributed by atoms with Gasteiger partial charge < -0.3 is 15.0 Å². The lowest BCUT2D eigenvalue weighted by molar-refractivity contribution is -0.141. The molecule has 0 radical (unpaired) electrons. The van der Waals surface area contributed by atoms with Crippen molar-refractivity contribution in [3.8, 4) is 5.75 Å². The van der Waals surface area contributed by atoms with Crippen LogP contribution in [0.25, 0.3) is 0 Å². The number of methoxy groups -OCH3 is 1. The van der Waals surface area contributed by atoms with Crippen LogP contribution in [0.4, 0.5) is 0 Å². The van der Waals surface area contributed by atoms with E-state index in [1.54, 1.807) is 12.0 Å². The predicted molar refractivity (Wildman–Crippen MR) is 125 cm³/mol. The van der Waals surface area contributed by atoms with Gasteiger partial charge in [-0.3, -0.25) is 9.59 Å². The number of carbonyl (C=O) groups excluding carboxylic acids is 2. The molecule has 0 aliphatic carbocycles. The van der Waals surface area contributed by atoms with Crippen molar-refractivity contribution in [2.24, 2.45) is 0 Å². The molecule has 31 heavy (non-hydrogen) atoms. The molecule has 2 amide bonds. The van der Waals surface area contributed by atoms with E-state index in [1.165, 1.54) is 5.56 Å². The number of hydrogen-bond acceptors (Lipinski definition) is 3. The van der Waals surface area contributed by atoms with Gasteiger partial charge in [0.2, 0.25) is 11.8 Å². The van der Waals surface area contributed by atoms with Crippen LogP contribution in [0, 0.1) is 13.8 Å². The third kappa shape index (κ3) is 6.84. The smallest absolute Gasteiger partial charge is 0.243 e. The van der Waals surface area contributed by atoms with Crippen LogP contribution in [0.2, 0.25) is 0 Å². The summed E-state index contributed by atoms with van der Waals surface area (Å²) in [6.07, 6.45) is 1.65. The van der Waals surface area contributed by atoms with Crippen LogP contribution in [0.5, 0.6) is 5.75 Å². The maximum absolute atomic E-state index is 13.4. The first kappa shape index (κ1) is 24.4. The summed E-state index contributed by atoms with van der Waals surface area (Å²) in [5, 5.41) is 3.05. The summed E-state index contributed by atoms with van der Waals surface area (Å²) in [4.78, 5) is 28.2. The molecule has 0 spiro atoms. The van der Waals surface area contributed by atoms with Gasteiger partial charge in [0.1, 0.15) is 11.8 Å². The zero-order valence-electron chi connectivity index (χ0n) is 19.7. The Hall–Kier alpha value is -2.82. The molecule has 0 bridgehead atoms. The molecule has 2 aromatic rings. The SMILES string of the molecule is CC[C@H](C(=O)N[C@@H](C)CC)N(Cc1cccc(OC)c1)C(=O)Cc1ccc(C)c(C)c1. The maximum Gasteiger partial charge on any atom is 0.243 e. The van der Waals surface area contributed by atoms with Crippen molar-refractivity contribution in [1.29, 1.82) is 0 Å². The molecule has 0 aromatic heterocycles. The molecule has 0 heterocycles. The molecule has 2 rings (SSSR count). The van der Waals surface area contributed by atoms with Crippen molar-refractivity contribution in [3.05, 3.63) is 64.7 Å². The summed E-state index contributed by atoms with van der Waals surface area (Å²) in [7, 11) is 1.62. The highest BCUT2D eigenvalue weighted by Crippen LogP contribution is 2.19. The Kier molecular flexibility index (Phi) is 9.10. The standard InChI is InChI=1S/C26H36N2O3/c1-7-20(5)27-26(30)24(8-2)28(17-22-10-9-11-23(15-22)31-6)25(29)16-21-13-12-18(3)19(4)14-21/h9-15,20,24H,7-8,16-17H2,1-6H3,(H,27,30)/t20-,24+/m0/s1. The summed E-state index contributed by atoms with van der Waals surface area (Å²) in [6.45, 7) is 10.4. The number of nitrogens with zero attached hydrogens (tertiary/aromatic N) is 1. The fraction of sp³-hybridized carbons (Fsp3) is 0.462. The van der Waals surface area contributed by atoms with Crippen LogP contribution in [0.3, 0.4) is 0 Å². The fourth-order valence-corrected chi connectivity index (χ4v) is 3.52. The molecule has 2 atom stereocenters. The van der Waals surface area contributed by atoms with Gasteiger partial charge >= 0.3 is 0 Å². The largest absolute Gasteiger partial charge is 0.497 e. The van der Waals surface area contributed by atoms with Gasteiger partial charge in [-0.15, -0.1) is 0 Å². The van der Waals surface area contributed by atoms with E-state index in [-0.39, 0.29) is 24.3 Å². The molecule has 5 heteroatoms. The molecule has 168 valence electrons. The summed E-state index contributed by atoms with van der Waals surface area (Å²) in [6, 6.07) is 13.3. The van der Waals surface area contributed by atoms with E-state index in [9.17, 15) is 9.59 Å². The second kappa shape index (κ2) is 11.5. The van der Waals surface area contributed by atoms with Gasteiger partial charge in [0.25, 0.3) is 0 Å². The number of carbonyl (C=O) groups is 2. The number of rotatable bonds is 10. The molecule has 0 saturated carbocycles. The molecule has 0 unspecified atom stereocenters. The van der Waals surface area contributed by atoms with Crippen LogP contribution in [0.15, 0.2) is 42.5 Å². The third-order valence-electron chi connectivity index (χ3n) is 5.80. The highest BCUT2D eigenvalue weighted by Gasteiger charge is 2.29. The highest BCUT2D eigenvalue weighted by molar-refractivity contribution is 5.88. The Bertz CT molecular complexity index is 894. The lowest BCUT2D eigenvalue weighted by Gasteiger charge is -2.31. The van der Waals surface area contributed by atoms with Gasteiger partial charge in [0, 0.05) is 12.6 Å². The number of benzene rings is 2. The van der Waals surface area contributed by atoms with Gasteiger partial charge in [-0.05, 0) is 68.0 Å². The first-order valence-corrected chi connectivity index (χ1v) is 11.1. The first-order valence-electron chi connectivity index (χ1n) is 11.1. The molecule has 2 aromatic carbocycles. The summed E-state index contributed by atoms with van der Waals surface area (Å²) in [5.74, 6) is 0.571. The van der Waals surface area contributed by atoms with Crippen molar-refractivity contribution >= 4 is 11.8 Å². The zero-order valence-corrected chi connectivity index (χ0v) is 19.7. The Labute approximate surface area is 186 Å². The zero-order chi connectivity index (χ0) is 23.0. The summed E-state index contributed by atoms with van der Waals surface area (Å²) in [5.41, 5.74) is 4.25. The Morgan fingerprint density at radius 2 is 1.74 bits per heavy atom. The van der Waals surface area contributed by atoms with Crippen LogP contribution in [0.1, 0.15) is 55.9 Å². The Balaban J connectivity index is 2.33. The van der Waals surface area contributed by atoms with Crippen LogP contribution in [-0.4, -0.2) is 35.9 Å². The van der Waals surface area contributed by atoms with Gasteiger partial charge in [0.15, 0.2) is 0 Å². The minimum atomic E-state index is -0.528. The molecule has 1 N–H and O–H groups in total. The average Bonchev–Trinajstić information content (AvgIpc) is 2.76. The third-order valence-corrected chi connectivity index (χ3v) is 5.80. The van der Waals surface area contributed by atoms with Crippen molar-refractivity contribution in [2.75, 3.05) is 7.11 Å². The Morgan fingerprint density at radius 3 is 2.35 bits per heavy atom. The fourth-order valence-electron chi connectivity index (χ4n) is 3.52. The second-order valence-corrected chi connectivity index (χ2v) is 8.21. The van der Waals surface area contributed by atoms with E-state index >= 15 is 0 Å².